The second-order valence-corrected chi connectivity index (χ2v) is 4.69. The van der Waals surface area contributed by atoms with E-state index in [1.165, 1.54) is 4.57 Å². The monoisotopic (exact) mass is 235 g/mol. The summed E-state index contributed by atoms with van der Waals surface area (Å²) in [5.74, 6) is 0.0556. The van der Waals surface area contributed by atoms with Crippen molar-refractivity contribution in [2.24, 2.45) is 13.0 Å². The summed E-state index contributed by atoms with van der Waals surface area (Å²) >= 11 is 0. The number of aromatic nitrogens is 1. The molecule has 0 aliphatic rings. The fraction of sp³-hybridized carbons (Fsp3) is 0.462. The molecule has 0 saturated heterocycles. The van der Waals surface area contributed by atoms with Gasteiger partial charge in [0.2, 0.25) is 0 Å². The van der Waals surface area contributed by atoms with Crippen LogP contribution in [-0.4, -0.2) is 16.3 Å². The third kappa shape index (κ3) is 2.00. The van der Waals surface area contributed by atoms with Crippen LogP contribution in [0.5, 0.6) is 0 Å². The summed E-state index contributed by atoms with van der Waals surface area (Å²) in [4.78, 5) is 11.4. The first-order chi connectivity index (χ1) is 8.04. The zero-order valence-electron chi connectivity index (χ0n) is 10.3. The molecule has 17 heavy (non-hydrogen) atoms. The van der Waals surface area contributed by atoms with Gasteiger partial charge >= 0.3 is 5.76 Å². The lowest BCUT2D eigenvalue weighted by Gasteiger charge is -2.18. The summed E-state index contributed by atoms with van der Waals surface area (Å²) in [6.45, 7) is 4.22. The van der Waals surface area contributed by atoms with Crippen LogP contribution in [0.2, 0.25) is 0 Å². The fourth-order valence-electron chi connectivity index (χ4n) is 2.08. The van der Waals surface area contributed by atoms with Crippen LogP contribution in [0.4, 0.5) is 0 Å². The molecular formula is C13H17NO3. The molecule has 1 aromatic heterocycles. The Bertz CT molecular complexity index is 580. The maximum Gasteiger partial charge on any atom is 0.419 e. The van der Waals surface area contributed by atoms with Crippen LogP contribution in [-0.2, 0) is 7.05 Å². The average molecular weight is 235 g/mol. The Morgan fingerprint density at radius 3 is 2.71 bits per heavy atom. The van der Waals surface area contributed by atoms with Crippen LogP contribution in [0.1, 0.15) is 25.3 Å². The van der Waals surface area contributed by atoms with E-state index in [1.54, 1.807) is 7.05 Å². The summed E-state index contributed by atoms with van der Waals surface area (Å²) in [5, 5.41) is 9.38. The molecule has 0 amide bonds. The Kier molecular flexibility index (Phi) is 3.07. The van der Waals surface area contributed by atoms with Crippen LogP contribution in [0.15, 0.2) is 27.4 Å². The van der Waals surface area contributed by atoms with Gasteiger partial charge in [-0.15, -0.1) is 0 Å². The lowest BCUT2D eigenvalue weighted by Crippen LogP contribution is -2.11. The molecular weight excluding hydrogens is 218 g/mol. The van der Waals surface area contributed by atoms with E-state index < -0.39 is 0 Å². The van der Waals surface area contributed by atoms with Gasteiger partial charge in [-0.05, 0) is 23.6 Å². The predicted molar refractivity (Wildman–Crippen MR) is 66.1 cm³/mol. The van der Waals surface area contributed by atoms with Crippen molar-refractivity contribution in [3.63, 3.8) is 0 Å². The molecule has 0 spiro atoms. The summed E-state index contributed by atoms with van der Waals surface area (Å²) in [6.07, 6.45) is 0. The first-order valence-corrected chi connectivity index (χ1v) is 5.75. The van der Waals surface area contributed by atoms with Crippen molar-refractivity contribution in [3.05, 3.63) is 34.3 Å². The molecule has 0 aliphatic heterocycles. The Labute approximate surface area is 99.5 Å². The van der Waals surface area contributed by atoms with Gasteiger partial charge in [0.1, 0.15) is 0 Å². The highest BCUT2D eigenvalue weighted by Crippen LogP contribution is 2.26. The summed E-state index contributed by atoms with van der Waals surface area (Å²) in [7, 11) is 1.68. The first-order valence-electron chi connectivity index (χ1n) is 5.75. The number of oxazole rings is 1. The third-order valence-electron chi connectivity index (χ3n) is 3.25. The minimum atomic E-state index is -0.359. The van der Waals surface area contributed by atoms with E-state index >= 15 is 0 Å². The van der Waals surface area contributed by atoms with Gasteiger partial charge in [-0.1, -0.05) is 19.9 Å². The molecule has 1 N–H and O–H groups in total. The quantitative estimate of drug-likeness (QED) is 0.883. The molecule has 92 valence electrons. The van der Waals surface area contributed by atoms with Crippen molar-refractivity contribution in [1.29, 1.82) is 0 Å². The number of nitrogens with zero attached hydrogens (tertiary/aromatic N) is 1. The van der Waals surface area contributed by atoms with Gasteiger partial charge in [0.05, 0.1) is 12.1 Å². The number of benzene rings is 1. The number of hydrogen-bond acceptors (Lipinski definition) is 3. The van der Waals surface area contributed by atoms with E-state index in [9.17, 15) is 9.90 Å². The normalized spacial score (nSPS) is 13.5. The summed E-state index contributed by atoms with van der Waals surface area (Å²) in [6, 6.07) is 5.65. The van der Waals surface area contributed by atoms with Gasteiger partial charge in [0.25, 0.3) is 0 Å². The zero-order valence-corrected chi connectivity index (χ0v) is 10.3. The SMILES string of the molecule is CC(C)C(CO)c1ccc2c(c1)oc(=O)n2C. The maximum absolute atomic E-state index is 11.4. The van der Waals surface area contributed by atoms with Gasteiger partial charge in [-0.2, -0.15) is 0 Å². The van der Waals surface area contributed by atoms with Gasteiger partial charge < -0.3 is 9.52 Å². The third-order valence-corrected chi connectivity index (χ3v) is 3.25. The van der Waals surface area contributed by atoms with Crippen LogP contribution in [0.3, 0.4) is 0 Å². The largest absolute Gasteiger partial charge is 0.419 e. The Hall–Kier alpha value is -1.55. The Morgan fingerprint density at radius 1 is 1.41 bits per heavy atom. The first kappa shape index (κ1) is 11.9. The van der Waals surface area contributed by atoms with Crippen LogP contribution >= 0.6 is 0 Å². The van der Waals surface area contributed by atoms with Gasteiger partial charge in [0.15, 0.2) is 5.58 Å². The van der Waals surface area contributed by atoms with Gasteiger partial charge in [-0.25, -0.2) is 4.79 Å². The van der Waals surface area contributed by atoms with Crippen molar-refractivity contribution >= 4 is 11.1 Å². The number of hydrogen-bond donors (Lipinski definition) is 1. The number of rotatable bonds is 3. The van der Waals surface area contributed by atoms with E-state index in [-0.39, 0.29) is 18.3 Å². The van der Waals surface area contributed by atoms with Crippen molar-refractivity contribution in [2.75, 3.05) is 6.61 Å². The van der Waals surface area contributed by atoms with E-state index in [0.29, 0.717) is 11.5 Å². The topological polar surface area (TPSA) is 55.4 Å². The Morgan fingerprint density at radius 2 is 2.12 bits per heavy atom. The molecule has 0 fully saturated rings. The number of aryl methyl sites for hydroxylation is 1. The minimum Gasteiger partial charge on any atom is -0.408 e. The van der Waals surface area contributed by atoms with Crippen LogP contribution < -0.4 is 5.76 Å². The highest BCUT2D eigenvalue weighted by Gasteiger charge is 2.16. The zero-order chi connectivity index (χ0) is 12.6. The predicted octanol–water partition coefficient (Wildman–Crippen LogP) is 1.86. The minimum absolute atomic E-state index is 0.0740. The molecule has 4 heteroatoms. The van der Waals surface area contributed by atoms with Gasteiger partial charge in [-0.3, -0.25) is 4.57 Å². The van der Waals surface area contributed by atoms with Gasteiger partial charge in [0, 0.05) is 13.0 Å². The van der Waals surface area contributed by atoms with Crippen molar-refractivity contribution < 1.29 is 9.52 Å². The van der Waals surface area contributed by atoms with E-state index in [1.807, 2.05) is 18.2 Å². The smallest absolute Gasteiger partial charge is 0.408 e. The lowest BCUT2D eigenvalue weighted by atomic mass is 9.89. The van der Waals surface area contributed by atoms with E-state index in [4.69, 9.17) is 4.42 Å². The number of fused-ring (bicyclic) bond motifs is 1. The Balaban J connectivity index is 2.54. The molecule has 1 unspecified atom stereocenters. The lowest BCUT2D eigenvalue weighted by molar-refractivity contribution is 0.237. The van der Waals surface area contributed by atoms with Crippen LogP contribution in [0.25, 0.3) is 11.1 Å². The molecule has 2 aromatic rings. The summed E-state index contributed by atoms with van der Waals surface area (Å²) < 4.78 is 6.61. The molecule has 1 atom stereocenters. The highest BCUT2D eigenvalue weighted by molar-refractivity contribution is 5.73. The average Bonchev–Trinajstić information content (AvgIpc) is 2.55. The molecule has 1 heterocycles. The highest BCUT2D eigenvalue weighted by atomic mass is 16.4. The fourth-order valence-corrected chi connectivity index (χ4v) is 2.08. The number of aliphatic hydroxyl groups excluding tert-OH is 1. The van der Waals surface area contributed by atoms with E-state index in [2.05, 4.69) is 13.8 Å². The van der Waals surface area contributed by atoms with Crippen molar-refractivity contribution in [1.82, 2.24) is 4.57 Å². The van der Waals surface area contributed by atoms with E-state index in [0.717, 1.165) is 11.1 Å². The van der Waals surface area contributed by atoms with Crippen LogP contribution in [0, 0.1) is 5.92 Å². The second-order valence-electron chi connectivity index (χ2n) is 4.69. The number of aliphatic hydroxyl groups is 1. The van der Waals surface area contributed by atoms with Crippen molar-refractivity contribution in [2.45, 2.75) is 19.8 Å². The molecule has 1 aromatic carbocycles. The maximum atomic E-state index is 11.4. The summed E-state index contributed by atoms with van der Waals surface area (Å²) in [5.41, 5.74) is 2.36. The second kappa shape index (κ2) is 4.37. The molecule has 2 rings (SSSR count). The molecule has 4 nitrogen and oxygen atoms in total. The molecule has 0 saturated carbocycles. The molecule has 0 bridgehead atoms. The molecule has 0 aliphatic carbocycles. The molecule has 0 radical (unpaired) electrons. The van der Waals surface area contributed by atoms with Crippen molar-refractivity contribution in [3.8, 4) is 0 Å². The standard InChI is InChI=1S/C13H17NO3/c1-8(2)10(7-15)9-4-5-11-12(6-9)17-13(16)14(11)3/h4-6,8,10,15H,7H2,1-3H3.